The molecule has 368 valence electrons. The predicted octanol–water partition coefficient (Wildman–Crippen LogP) is -8.56. The average Bonchev–Trinajstić information content (AvgIpc) is 3.24. The van der Waals surface area contributed by atoms with E-state index in [-0.39, 0.29) is 25.4 Å². The van der Waals surface area contributed by atoms with Gasteiger partial charge in [-0.25, -0.2) is 0 Å². The van der Waals surface area contributed by atoms with Crippen LogP contribution in [0.4, 0.5) is 0 Å². The van der Waals surface area contributed by atoms with Gasteiger partial charge in [0.05, 0.1) is 45.2 Å². The molecule has 26 nitrogen and oxygen atoms in total. The summed E-state index contributed by atoms with van der Waals surface area (Å²) >= 11 is 0. The van der Waals surface area contributed by atoms with E-state index in [1.54, 1.807) is 13.8 Å². The molecule has 0 saturated carbocycles. The lowest BCUT2D eigenvalue weighted by atomic mass is 9.97. The number of methoxy groups -OCH3 is 2. The van der Waals surface area contributed by atoms with Crippen LogP contribution in [0.5, 0.6) is 0 Å². The van der Waals surface area contributed by atoms with Gasteiger partial charge in [-0.05, 0) is 27.7 Å². The first-order valence-corrected chi connectivity index (χ1v) is 20.0. The van der Waals surface area contributed by atoms with Crippen molar-refractivity contribution in [3.63, 3.8) is 0 Å². The molecule has 0 radical (unpaired) electrons. The Bertz CT molecular complexity index is 1200. The van der Waals surface area contributed by atoms with Crippen LogP contribution >= 0.6 is 0 Å². The standard InChI is InChI=1S/C16H30O9.C14H26O11.C6H12O6/c1-7(2)23-9-5-22-16(14(20)11(9)17)25-10-6-21-15(24-8(3)4)13(19)12(10)18;1-21-11-5(3-15)24-14(10(20)7(11)17)25-12-6(4-16)23-13(22-2)9(19)8(12)18;7-1-2-3(8)4(9)5(10)6(11)12-2/h7-20H,5-6H2,1-4H3;5-20H,3-4H2,1-2H3;2-11H,1H2/t9-,10-,11+,12?,13?,14?,15+,16+;5?,6?,7-,8?,9?,10?,11-,12-,13-,14+;2?,3-,4+,5?,6-/m111/s1. The molecule has 10 unspecified atom stereocenters. The van der Waals surface area contributed by atoms with Gasteiger partial charge in [-0.15, -0.1) is 0 Å². The highest BCUT2D eigenvalue weighted by Gasteiger charge is 2.51. The van der Waals surface area contributed by atoms with Crippen molar-refractivity contribution in [1.29, 1.82) is 0 Å². The molecule has 5 heterocycles. The fourth-order valence-corrected chi connectivity index (χ4v) is 6.91. The van der Waals surface area contributed by atoms with Gasteiger partial charge in [0.1, 0.15) is 110 Å². The largest absolute Gasteiger partial charge is 0.394 e. The quantitative estimate of drug-likeness (QED) is 0.0816. The van der Waals surface area contributed by atoms with Crippen molar-refractivity contribution in [2.24, 2.45) is 0 Å². The second kappa shape index (κ2) is 25.8. The summed E-state index contributed by atoms with van der Waals surface area (Å²) < 4.78 is 57.8. The van der Waals surface area contributed by atoms with E-state index in [2.05, 4.69) is 4.74 Å². The van der Waals surface area contributed by atoms with Gasteiger partial charge in [-0.2, -0.15) is 0 Å². The molecule has 5 rings (SSSR count). The van der Waals surface area contributed by atoms with Crippen LogP contribution in [0.25, 0.3) is 0 Å². The average molecular weight is 917 g/mol. The van der Waals surface area contributed by atoms with E-state index in [0.29, 0.717) is 0 Å². The van der Waals surface area contributed by atoms with Gasteiger partial charge >= 0.3 is 0 Å². The summed E-state index contributed by atoms with van der Waals surface area (Å²) in [5.74, 6) is 0. The Morgan fingerprint density at radius 3 is 1.44 bits per heavy atom. The van der Waals surface area contributed by atoms with E-state index >= 15 is 0 Å². The van der Waals surface area contributed by atoms with Crippen molar-refractivity contribution in [3.8, 4) is 0 Å². The predicted molar refractivity (Wildman–Crippen MR) is 199 cm³/mol. The molecule has 5 saturated heterocycles. The van der Waals surface area contributed by atoms with Crippen LogP contribution in [-0.4, -0.2) is 277 Å². The molecule has 26 heteroatoms. The zero-order valence-corrected chi connectivity index (χ0v) is 35.2. The fraction of sp³-hybridized carbons (Fsp3) is 1.00. The molecule has 5 aliphatic rings. The maximum atomic E-state index is 10.2. The third-order valence-corrected chi connectivity index (χ3v) is 10.3. The van der Waals surface area contributed by atoms with Crippen molar-refractivity contribution >= 4 is 0 Å². The second-order valence-electron chi connectivity index (χ2n) is 15.6. The molecule has 15 N–H and O–H groups in total. The van der Waals surface area contributed by atoms with Gasteiger partial charge in [0, 0.05) is 14.2 Å². The smallest absolute Gasteiger partial charge is 0.187 e. The van der Waals surface area contributed by atoms with Crippen LogP contribution in [0, 0.1) is 0 Å². The summed E-state index contributed by atoms with van der Waals surface area (Å²) in [6, 6.07) is 0. The Morgan fingerprint density at radius 1 is 0.419 bits per heavy atom. The molecule has 0 aromatic heterocycles. The third kappa shape index (κ3) is 14.0. The normalized spacial score (nSPS) is 46.4. The van der Waals surface area contributed by atoms with Crippen molar-refractivity contribution in [3.05, 3.63) is 0 Å². The number of hydrogen-bond acceptors (Lipinski definition) is 26. The SMILES string of the molecule is CC(C)O[C@@H]1OC[C@@H](O[C@@H]2OC[C@@H](OC(C)C)[C@H](O)C2O)C(O)C1O.CO[C@@H]1OC(CO)[C@@H](O[C@@H]2OC(CO)[C@@H](OC)[C@H](O)C2O)C(O)C1O.OCC1O[C@@H](O)C(O)[C@@H](O)[C@@H]1O. The molecule has 23 atom stereocenters. The van der Waals surface area contributed by atoms with E-state index in [1.807, 2.05) is 13.8 Å². The zero-order valence-electron chi connectivity index (χ0n) is 35.2. The summed E-state index contributed by atoms with van der Waals surface area (Å²) in [5.41, 5.74) is 0. The first-order chi connectivity index (χ1) is 29.2. The number of hydrogen-bond donors (Lipinski definition) is 15. The minimum atomic E-state index is -1.57. The van der Waals surface area contributed by atoms with Crippen molar-refractivity contribution in [2.75, 3.05) is 47.3 Å². The number of aliphatic hydroxyl groups is 15. The Hall–Kier alpha value is -1.04. The summed E-state index contributed by atoms with van der Waals surface area (Å²) in [5, 5.41) is 145. The molecular weight excluding hydrogens is 848 g/mol. The lowest BCUT2D eigenvalue weighted by Gasteiger charge is -2.46. The number of ether oxygens (including phenoxy) is 11. The van der Waals surface area contributed by atoms with Crippen LogP contribution in [0.2, 0.25) is 0 Å². The lowest BCUT2D eigenvalue weighted by Crippen LogP contribution is -2.64. The highest BCUT2D eigenvalue weighted by molar-refractivity contribution is 4.95. The minimum absolute atomic E-state index is 0.0341. The monoisotopic (exact) mass is 916 g/mol. The van der Waals surface area contributed by atoms with Crippen LogP contribution in [0.3, 0.4) is 0 Å². The molecule has 0 spiro atoms. The second-order valence-corrected chi connectivity index (χ2v) is 15.6. The first-order valence-electron chi connectivity index (χ1n) is 20.0. The summed E-state index contributed by atoms with van der Waals surface area (Å²) in [6.07, 6.45) is -29.1. The van der Waals surface area contributed by atoms with Gasteiger partial charge in [-0.1, -0.05) is 0 Å². The molecule has 0 bridgehead atoms. The molecule has 0 amide bonds. The van der Waals surface area contributed by atoms with Crippen LogP contribution in [-0.2, 0) is 52.1 Å². The molecule has 0 aromatic carbocycles. The lowest BCUT2D eigenvalue weighted by molar-refractivity contribution is -0.358. The Balaban J connectivity index is 0.000000263. The van der Waals surface area contributed by atoms with Gasteiger partial charge in [0.2, 0.25) is 0 Å². The van der Waals surface area contributed by atoms with Gasteiger partial charge < -0.3 is 129 Å². The minimum Gasteiger partial charge on any atom is -0.394 e. The first kappa shape index (κ1) is 55.3. The topological polar surface area (TPSA) is 405 Å². The third-order valence-electron chi connectivity index (χ3n) is 10.3. The van der Waals surface area contributed by atoms with E-state index in [0.717, 1.165) is 0 Å². The fourth-order valence-electron chi connectivity index (χ4n) is 6.91. The maximum Gasteiger partial charge on any atom is 0.187 e. The van der Waals surface area contributed by atoms with Crippen molar-refractivity contribution in [2.45, 2.75) is 181 Å². The number of aliphatic hydroxyl groups excluding tert-OH is 15. The van der Waals surface area contributed by atoms with E-state index in [9.17, 15) is 51.1 Å². The molecular formula is C36H68O26. The van der Waals surface area contributed by atoms with Gasteiger partial charge in [0.15, 0.2) is 31.5 Å². The Labute approximate surface area is 357 Å². The highest BCUT2D eigenvalue weighted by atomic mass is 16.8. The summed E-state index contributed by atoms with van der Waals surface area (Å²) in [7, 11) is 2.55. The van der Waals surface area contributed by atoms with E-state index < -0.39 is 161 Å². The number of rotatable bonds is 13. The van der Waals surface area contributed by atoms with Crippen LogP contribution in [0.1, 0.15) is 27.7 Å². The molecule has 0 aromatic rings. The van der Waals surface area contributed by atoms with Crippen molar-refractivity contribution < 1.29 is 129 Å². The summed E-state index contributed by atoms with van der Waals surface area (Å²) in [6.45, 7) is 5.58. The molecule has 0 aliphatic carbocycles. The van der Waals surface area contributed by atoms with E-state index in [4.69, 9.17) is 72.9 Å². The summed E-state index contributed by atoms with van der Waals surface area (Å²) in [4.78, 5) is 0. The van der Waals surface area contributed by atoms with Gasteiger partial charge in [-0.3, -0.25) is 0 Å². The molecule has 5 fully saturated rings. The Kier molecular flexibility index (Phi) is 23.0. The molecule has 62 heavy (non-hydrogen) atoms. The van der Waals surface area contributed by atoms with E-state index in [1.165, 1.54) is 14.2 Å². The molecule has 5 aliphatic heterocycles. The maximum absolute atomic E-state index is 10.2. The van der Waals surface area contributed by atoms with Gasteiger partial charge in [0.25, 0.3) is 0 Å². The van der Waals surface area contributed by atoms with Crippen LogP contribution < -0.4 is 0 Å². The van der Waals surface area contributed by atoms with Crippen LogP contribution in [0.15, 0.2) is 0 Å². The Morgan fingerprint density at radius 2 is 0.887 bits per heavy atom. The highest BCUT2D eigenvalue weighted by Crippen LogP contribution is 2.31. The van der Waals surface area contributed by atoms with Crippen molar-refractivity contribution in [1.82, 2.24) is 0 Å². The zero-order chi connectivity index (χ0) is 46.7.